The quantitative estimate of drug-likeness (QED) is 0.761. The van der Waals surface area contributed by atoms with E-state index >= 15 is 0 Å². The van der Waals surface area contributed by atoms with E-state index in [4.69, 9.17) is 5.73 Å². The summed E-state index contributed by atoms with van der Waals surface area (Å²) in [5, 5.41) is 4.01. The molecule has 0 aliphatic rings. The third-order valence-corrected chi connectivity index (χ3v) is 1.90. The topological polar surface area (TPSA) is 55.9 Å². The number of rotatable bonds is 3. The second kappa shape index (κ2) is 3.83. The van der Waals surface area contributed by atoms with Gasteiger partial charge in [0.15, 0.2) is 0 Å². The maximum Gasteiger partial charge on any atom is 0.147 e. The number of aromatic nitrogens is 2. The summed E-state index contributed by atoms with van der Waals surface area (Å²) in [6.45, 7) is 0.738. The largest absolute Gasteiger partial charge is 0.382 e. The molecule has 0 bridgehead atoms. The van der Waals surface area contributed by atoms with E-state index in [1.807, 2.05) is 18.2 Å². The molecule has 0 spiro atoms. The molecule has 2 rings (SSSR count). The number of benzene rings is 1. The first-order valence-electron chi connectivity index (χ1n) is 4.43. The minimum Gasteiger partial charge on any atom is -0.382 e. The van der Waals surface area contributed by atoms with Crippen LogP contribution in [0, 0.1) is 0 Å². The Hall–Kier alpha value is -1.97. The molecule has 0 radical (unpaired) electrons. The van der Waals surface area contributed by atoms with E-state index in [1.54, 1.807) is 17.1 Å². The van der Waals surface area contributed by atoms with Crippen molar-refractivity contribution in [1.29, 1.82) is 0 Å². The predicted molar refractivity (Wildman–Crippen MR) is 56.1 cm³/mol. The van der Waals surface area contributed by atoms with Crippen LogP contribution in [-0.2, 0) is 6.54 Å². The van der Waals surface area contributed by atoms with E-state index in [2.05, 4.69) is 22.7 Å². The first-order valence-corrected chi connectivity index (χ1v) is 4.43. The van der Waals surface area contributed by atoms with Crippen LogP contribution in [-0.4, -0.2) is 9.89 Å². The molecule has 0 aliphatic carbocycles. The van der Waals surface area contributed by atoms with Gasteiger partial charge in [-0.2, -0.15) is 4.79 Å². The second-order valence-electron chi connectivity index (χ2n) is 3.01. The van der Waals surface area contributed by atoms with Crippen LogP contribution in [0.5, 0.6) is 0 Å². The van der Waals surface area contributed by atoms with Crippen LogP contribution >= 0.6 is 0 Å². The highest BCUT2D eigenvalue weighted by Gasteiger charge is 1.93. The average molecular weight is 188 g/mol. The molecule has 1 aromatic carbocycles. The van der Waals surface area contributed by atoms with Crippen molar-refractivity contribution < 1.29 is 0 Å². The normalized spacial score (nSPS) is 10.0. The fourth-order valence-corrected chi connectivity index (χ4v) is 1.19. The smallest absolute Gasteiger partial charge is 0.147 e. The summed E-state index contributed by atoms with van der Waals surface area (Å²) >= 11 is 0. The van der Waals surface area contributed by atoms with Gasteiger partial charge in [0.05, 0.1) is 12.7 Å². The molecule has 0 unspecified atom stereocenters. The molecule has 1 heterocycles. The highest BCUT2D eigenvalue weighted by Crippen LogP contribution is 1.99. The van der Waals surface area contributed by atoms with Crippen LogP contribution in [0.1, 0.15) is 5.56 Å². The van der Waals surface area contributed by atoms with Gasteiger partial charge in [-0.05, 0) is 5.56 Å². The van der Waals surface area contributed by atoms with E-state index in [-0.39, 0.29) is 0 Å². The van der Waals surface area contributed by atoms with Crippen molar-refractivity contribution in [2.45, 2.75) is 6.54 Å². The molecule has 0 amide bonds. The average Bonchev–Trinajstić information content (AvgIpc) is 2.63. The minimum absolute atomic E-state index is 0.519. The summed E-state index contributed by atoms with van der Waals surface area (Å²) in [5.74, 6) is 0.519. The summed E-state index contributed by atoms with van der Waals surface area (Å²) in [6, 6.07) is 11.9. The van der Waals surface area contributed by atoms with Gasteiger partial charge in [0, 0.05) is 6.07 Å². The van der Waals surface area contributed by atoms with Crippen molar-refractivity contribution in [3.8, 4) is 0 Å². The van der Waals surface area contributed by atoms with Crippen LogP contribution in [0.4, 0.5) is 5.82 Å². The Balaban J connectivity index is 1.95. The maximum absolute atomic E-state index is 5.48. The number of hydrogen-bond donors (Lipinski definition) is 2. The zero-order chi connectivity index (χ0) is 9.80. The van der Waals surface area contributed by atoms with Crippen LogP contribution in [0.3, 0.4) is 0 Å². The molecule has 2 aromatic rings. The van der Waals surface area contributed by atoms with Crippen LogP contribution in [0.15, 0.2) is 42.6 Å². The van der Waals surface area contributed by atoms with Gasteiger partial charge < -0.3 is 11.2 Å². The minimum atomic E-state index is 0.519. The summed E-state index contributed by atoms with van der Waals surface area (Å²) in [5.41, 5.74) is 9.79. The fourth-order valence-electron chi connectivity index (χ4n) is 1.19. The van der Waals surface area contributed by atoms with E-state index in [9.17, 15) is 0 Å². The van der Waals surface area contributed by atoms with Gasteiger partial charge in [-0.3, -0.25) is 0 Å². The van der Waals surface area contributed by atoms with Crippen LogP contribution < -0.4 is 11.2 Å². The number of hydrogen-bond acceptors (Lipinski definition) is 3. The highest BCUT2D eigenvalue weighted by molar-refractivity contribution is 5.24. The number of nitrogens with two attached hydrogens (primary N) is 1. The molecular formula is C10H12N4. The lowest BCUT2D eigenvalue weighted by atomic mass is 10.2. The van der Waals surface area contributed by atoms with Crippen molar-refractivity contribution in [2.24, 2.45) is 0 Å². The van der Waals surface area contributed by atoms with E-state index in [0.717, 1.165) is 6.54 Å². The van der Waals surface area contributed by atoms with Crippen molar-refractivity contribution in [3.05, 3.63) is 48.2 Å². The molecular weight excluding hydrogens is 176 g/mol. The number of nitrogens with zero attached hydrogens (tertiary/aromatic N) is 2. The molecule has 0 saturated carbocycles. The summed E-state index contributed by atoms with van der Waals surface area (Å²) in [7, 11) is 0. The zero-order valence-electron chi connectivity index (χ0n) is 7.72. The summed E-state index contributed by atoms with van der Waals surface area (Å²) in [4.78, 5) is 1.61. The van der Waals surface area contributed by atoms with Crippen molar-refractivity contribution >= 4 is 5.82 Å². The lowest BCUT2D eigenvalue weighted by Crippen LogP contribution is -2.14. The Morgan fingerprint density at radius 1 is 1.21 bits per heavy atom. The second-order valence-corrected chi connectivity index (χ2v) is 3.01. The first-order chi connectivity index (χ1) is 6.84. The van der Waals surface area contributed by atoms with Gasteiger partial charge in [0.25, 0.3) is 0 Å². The number of nitrogen functional groups attached to an aromatic ring is 1. The molecule has 0 saturated heterocycles. The van der Waals surface area contributed by atoms with Crippen molar-refractivity contribution in [1.82, 2.24) is 9.89 Å². The Labute approximate surface area is 82.3 Å². The van der Waals surface area contributed by atoms with Crippen molar-refractivity contribution in [2.75, 3.05) is 11.2 Å². The zero-order valence-corrected chi connectivity index (χ0v) is 7.72. The predicted octanol–water partition coefficient (Wildman–Crippen LogP) is 1.21. The third kappa shape index (κ3) is 2.04. The molecule has 0 aliphatic heterocycles. The van der Waals surface area contributed by atoms with Gasteiger partial charge in [-0.25, -0.2) is 0 Å². The first kappa shape index (κ1) is 8.62. The van der Waals surface area contributed by atoms with Crippen molar-refractivity contribution in [3.63, 3.8) is 0 Å². The Kier molecular flexibility index (Phi) is 2.36. The maximum atomic E-state index is 5.48. The summed E-state index contributed by atoms with van der Waals surface area (Å²) in [6.07, 6.45) is 1.79. The molecule has 4 heteroatoms. The fraction of sp³-hybridized carbons (Fsp3) is 0.100. The third-order valence-electron chi connectivity index (χ3n) is 1.90. The molecule has 72 valence electrons. The lowest BCUT2D eigenvalue weighted by molar-refractivity contribution is 0.735. The number of anilines is 1. The van der Waals surface area contributed by atoms with Gasteiger partial charge in [0.2, 0.25) is 0 Å². The summed E-state index contributed by atoms with van der Waals surface area (Å²) < 4.78 is 0. The van der Waals surface area contributed by atoms with Gasteiger partial charge in [0.1, 0.15) is 5.82 Å². The van der Waals surface area contributed by atoms with Gasteiger partial charge >= 0.3 is 0 Å². The number of nitrogens with one attached hydrogen (secondary N) is 1. The van der Waals surface area contributed by atoms with Crippen LogP contribution in [0.25, 0.3) is 0 Å². The molecule has 4 nitrogen and oxygen atoms in total. The standard InChI is InChI=1S/C10H12N4/c11-10-6-7-14(13-10)12-8-9-4-2-1-3-5-9/h1-7,12H,8H2,(H2,11,13). The SMILES string of the molecule is Nc1ccn(NCc2ccccc2)n1. The molecule has 0 atom stereocenters. The Bertz CT molecular complexity index is 394. The van der Waals surface area contributed by atoms with Crippen LogP contribution in [0.2, 0.25) is 0 Å². The van der Waals surface area contributed by atoms with E-state index < -0.39 is 0 Å². The molecule has 3 N–H and O–H groups in total. The Morgan fingerprint density at radius 3 is 2.64 bits per heavy atom. The van der Waals surface area contributed by atoms with Gasteiger partial charge in [-0.1, -0.05) is 30.3 Å². The molecule has 14 heavy (non-hydrogen) atoms. The molecule has 0 fully saturated rings. The highest BCUT2D eigenvalue weighted by atomic mass is 15.6. The Morgan fingerprint density at radius 2 is 2.00 bits per heavy atom. The van der Waals surface area contributed by atoms with Gasteiger partial charge in [-0.15, -0.1) is 5.10 Å². The van der Waals surface area contributed by atoms with E-state index in [1.165, 1.54) is 5.56 Å². The van der Waals surface area contributed by atoms with E-state index in [0.29, 0.717) is 5.82 Å². The monoisotopic (exact) mass is 188 g/mol. The lowest BCUT2D eigenvalue weighted by Gasteiger charge is -2.05. The molecule has 1 aromatic heterocycles.